The largest absolute Gasteiger partial charge is 0.490 e. The first-order valence-corrected chi connectivity index (χ1v) is 3.83. The van der Waals surface area contributed by atoms with Gasteiger partial charge in [0.1, 0.15) is 6.61 Å². The van der Waals surface area contributed by atoms with Crippen molar-refractivity contribution < 1.29 is 22.7 Å². The van der Waals surface area contributed by atoms with E-state index < -0.39 is 18.8 Å². The van der Waals surface area contributed by atoms with E-state index in [4.69, 9.17) is 5.73 Å². The molecule has 0 aliphatic rings. The fourth-order valence-corrected chi connectivity index (χ4v) is 0.784. The zero-order valence-corrected chi connectivity index (χ0v) is 7.41. The third kappa shape index (κ3) is 3.12. The maximum atomic E-state index is 11.7. The fraction of sp³-hybridized carbons (Fsp3) is 0.250. The minimum Gasteiger partial charge on any atom is -0.454 e. The lowest BCUT2D eigenvalue weighted by Gasteiger charge is -2.08. The van der Waals surface area contributed by atoms with E-state index >= 15 is 0 Å². The molecular weight excluding hydrogens is 213 g/mol. The molecule has 0 saturated carbocycles. The summed E-state index contributed by atoms with van der Waals surface area (Å²) in [4.78, 5) is 14.0. The topological polar surface area (TPSA) is 65.2 Å². The van der Waals surface area contributed by atoms with Gasteiger partial charge in [-0.25, -0.2) is 4.79 Å². The lowest BCUT2D eigenvalue weighted by Crippen LogP contribution is -2.25. The van der Waals surface area contributed by atoms with E-state index in [-0.39, 0.29) is 11.3 Å². The predicted octanol–water partition coefficient (Wildman–Crippen LogP) is 1.27. The number of rotatable bonds is 2. The van der Waals surface area contributed by atoms with Crippen LogP contribution in [0, 0.1) is 0 Å². The van der Waals surface area contributed by atoms with Gasteiger partial charge in [0.15, 0.2) is 0 Å². The third-order valence-corrected chi connectivity index (χ3v) is 1.53. The Kier molecular flexibility index (Phi) is 3.13. The Morgan fingerprint density at radius 1 is 1.53 bits per heavy atom. The van der Waals surface area contributed by atoms with E-state index in [0.29, 0.717) is 0 Å². The minimum atomic E-state index is -4.99. The van der Waals surface area contributed by atoms with Crippen LogP contribution in [0.4, 0.5) is 18.9 Å². The highest BCUT2D eigenvalue weighted by Gasteiger charge is 2.40. The molecule has 0 saturated heterocycles. The summed E-state index contributed by atoms with van der Waals surface area (Å²) in [6, 6.07) is 1.40. The molecule has 0 bridgehead atoms. The average Bonchev–Trinajstić information content (AvgIpc) is 2.14. The molecule has 0 aromatic carbocycles. The zero-order valence-electron chi connectivity index (χ0n) is 7.41. The predicted molar refractivity (Wildman–Crippen MR) is 44.5 cm³/mol. The number of pyridine rings is 1. The van der Waals surface area contributed by atoms with Crippen molar-refractivity contribution in [1.82, 2.24) is 4.98 Å². The van der Waals surface area contributed by atoms with Crippen LogP contribution in [-0.4, -0.2) is 17.1 Å². The molecule has 0 unspecified atom stereocenters. The number of esters is 1. The van der Waals surface area contributed by atoms with Crippen molar-refractivity contribution in [3.8, 4) is 0 Å². The van der Waals surface area contributed by atoms with Gasteiger partial charge in [-0.05, 0) is 6.07 Å². The number of hydrogen-bond donors (Lipinski definition) is 1. The van der Waals surface area contributed by atoms with E-state index in [9.17, 15) is 18.0 Å². The quantitative estimate of drug-likeness (QED) is 0.762. The molecule has 82 valence electrons. The molecule has 0 aliphatic heterocycles. The molecule has 1 rings (SSSR count). The molecule has 4 nitrogen and oxygen atoms in total. The Balaban J connectivity index is 2.59. The van der Waals surface area contributed by atoms with Crippen molar-refractivity contribution >= 4 is 11.7 Å². The second-order valence-electron chi connectivity index (χ2n) is 2.65. The molecule has 0 amide bonds. The van der Waals surface area contributed by atoms with Gasteiger partial charge in [0.2, 0.25) is 0 Å². The van der Waals surface area contributed by atoms with Gasteiger partial charge in [-0.1, -0.05) is 0 Å². The summed E-state index contributed by atoms with van der Waals surface area (Å²) in [5, 5.41) is 0. The first-order chi connectivity index (χ1) is 6.91. The monoisotopic (exact) mass is 220 g/mol. The van der Waals surface area contributed by atoms with Crippen LogP contribution in [0.1, 0.15) is 5.56 Å². The number of aromatic nitrogens is 1. The first kappa shape index (κ1) is 11.3. The van der Waals surface area contributed by atoms with Crippen molar-refractivity contribution in [3.63, 3.8) is 0 Å². The number of alkyl halides is 3. The molecule has 2 N–H and O–H groups in total. The Bertz CT molecular complexity index is 365. The molecule has 15 heavy (non-hydrogen) atoms. The smallest absolute Gasteiger partial charge is 0.454 e. The van der Waals surface area contributed by atoms with Gasteiger partial charge in [-0.3, -0.25) is 4.98 Å². The maximum absolute atomic E-state index is 11.7. The minimum absolute atomic E-state index is 0.222. The Morgan fingerprint density at radius 2 is 2.20 bits per heavy atom. The molecule has 0 radical (unpaired) electrons. The van der Waals surface area contributed by atoms with Crippen LogP contribution in [0.15, 0.2) is 18.5 Å². The van der Waals surface area contributed by atoms with Gasteiger partial charge >= 0.3 is 12.1 Å². The number of nitrogen functional groups attached to an aromatic ring is 1. The van der Waals surface area contributed by atoms with E-state index in [1.165, 1.54) is 18.5 Å². The van der Waals surface area contributed by atoms with Crippen LogP contribution in [0.2, 0.25) is 0 Å². The fourth-order valence-electron chi connectivity index (χ4n) is 0.784. The van der Waals surface area contributed by atoms with E-state index in [1.807, 2.05) is 0 Å². The second-order valence-corrected chi connectivity index (χ2v) is 2.65. The summed E-state index contributed by atoms with van der Waals surface area (Å²) in [6.07, 6.45) is -2.37. The van der Waals surface area contributed by atoms with Crippen LogP contribution >= 0.6 is 0 Å². The van der Waals surface area contributed by atoms with E-state index in [0.717, 1.165) is 0 Å². The van der Waals surface area contributed by atoms with Crippen LogP contribution in [0.5, 0.6) is 0 Å². The van der Waals surface area contributed by atoms with Crippen molar-refractivity contribution in [2.75, 3.05) is 5.73 Å². The van der Waals surface area contributed by atoms with Gasteiger partial charge in [0.05, 0.1) is 0 Å². The highest BCUT2D eigenvalue weighted by atomic mass is 19.4. The molecular formula is C8H7F3N2O2. The van der Waals surface area contributed by atoms with Gasteiger partial charge in [-0.15, -0.1) is 0 Å². The summed E-state index contributed by atoms with van der Waals surface area (Å²) >= 11 is 0. The SMILES string of the molecule is Nc1ccncc1COC(=O)C(F)(F)F. The lowest BCUT2D eigenvalue weighted by atomic mass is 10.2. The van der Waals surface area contributed by atoms with Gasteiger partial charge in [0.25, 0.3) is 0 Å². The number of anilines is 1. The maximum Gasteiger partial charge on any atom is 0.490 e. The number of nitrogens with zero attached hydrogens (tertiary/aromatic N) is 1. The number of nitrogens with two attached hydrogens (primary N) is 1. The molecule has 0 aliphatic carbocycles. The molecule has 1 heterocycles. The van der Waals surface area contributed by atoms with Crippen LogP contribution in [-0.2, 0) is 16.1 Å². The number of ether oxygens (including phenoxy) is 1. The molecule has 0 fully saturated rings. The van der Waals surface area contributed by atoms with Gasteiger partial charge < -0.3 is 10.5 Å². The molecule has 1 aromatic rings. The highest BCUT2D eigenvalue weighted by Crippen LogP contribution is 2.18. The standard InChI is InChI=1S/C8H7F3N2O2/c9-8(10,11)7(14)15-4-5-3-13-2-1-6(5)12/h1-3H,4H2,(H2,12,13). The Morgan fingerprint density at radius 3 is 2.73 bits per heavy atom. The highest BCUT2D eigenvalue weighted by molar-refractivity contribution is 5.75. The summed E-state index contributed by atoms with van der Waals surface area (Å²) in [6.45, 7) is -0.544. The lowest BCUT2D eigenvalue weighted by molar-refractivity contribution is -0.201. The summed E-state index contributed by atoms with van der Waals surface area (Å²) in [7, 11) is 0. The van der Waals surface area contributed by atoms with Crippen molar-refractivity contribution in [1.29, 1.82) is 0 Å². The third-order valence-electron chi connectivity index (χ3n) is 1.53. The number of halogens is 3. The Hall–Kier alpha value is -1.79. The normalized spacial score (nSPS) is 11.1. The van der Waals surface area contributed by atoms with Gasteiger partial charge in [-0.2, -0.15) is 13.2 Å². The molecule has 1 aromatic heterocycles. The van der Waals surface area contributed by atoms with E-state index in [1.54, 1.807) is 0 Å². The molecule has 0 spiro atoms. The number of carbonyl (C=O) groups is 1. The van der Waals surface area contributed by atoms with Crippen LogP contribution < -0.4 is 5.73 Å². The second kappa shape index (κ2) is 4.16. The van der Waals surface area contributed by atoms with Crippen molar-refractivity contribution in [2.24, 2.45) is 0 Å². The zero-order chi connectivity index (χ0) is 11.5. The Labute approximate surface area is 82.9 Å². The first-order valence-electron chi connectivity index (χ1n) is 3.83. The summed E-state index contributed by atoms with van der Waals surface area (Å²) in [5.74, 6) is -2.24. The van der Waals surface area contributed by atoms with E-state index in [2.05, 4.69) is 9.72 Å². The van der Waals surface area contributed by atoms with Gasteiger partial charge in [0, 0.05) is 23.6 Å². The van der Waals surface area contributed by atoms with Crippen LogP contribution in [0.3, 0.4) is 0 Å². The van der Waals surface area contributed by atoms with Crippen LogP contribution in [0.25, 0.3) is 0 Å². The average molecular weight is 220 g/mol. The molecule has 7 heteroatoms. The van der Waals surface area contributed by atoms with Crippen molar-refractivity contribution in [2.45, 2.75) is 12.8 Å². The number of carbonyl (C=O) groups excluding carboxylic acids is 1. The molecule has 0 atom stereocenters. The number of hydrogen-bond acceptors (Lipinski definition) is 4. The summed E-state index contributed by atoms with van der Waals surface area (Å²) in [5.41, 5.74) is 5.86. The van der Waals surface area contributed by atoms with Crippen molar-refractivity contribution in [3.05, 3.63) is 24.0 Å². The summed E-state index contributed by atoms with van der Waals surface area (Å²) < 4.78 is 39.2.